The van der Waals surface area contributed by atoms with E-state index < -0.39 is 0 Å². The van der Waals surface area contributed by atoms with Crippen molar-refractivity contribution < 1.29 is 4.79 Å². The van der Waals surface area contributed by atoms with Gasteiger partial charge in [0, 0.05) is 24.0 Å². The Morgan fingerprint density at radius 3 is 3.07 bits per heavy atom. The van der Waals surface area contributed by atoms with Crippen LogP contribution in [0.25, 0.3) is 10.9 Å². The summed E-state index contributed by atoms with van der Waals surface area (Å²) in [5, 5.41) is 12.5. The van der Waals surface area contributed by atoms with Crippen LogP contribution in [0.2, 0.25) is 0 Å². The SMILES string of the molecule is CC1CCc2nc3ccccc3c(C(=O)NCc3nnc4n3CCC4)c2C1. The Morgan fingerprint density at radius 1 is 1.26 bits per heavy atom. The van der Waals surface area contributed by atoms with Crippen LogP contribution >= 0.6 is 0 Å². The molecule has 1 unspecified atom stereocenters. The third-order valence-electron chi connectivity index (χ3n) is 5.83. The number of carbonyl (C=O) groups excluding carboxylic acids is 1. The monoisotopic (exact) mass is 361 g/mol. The second-order valence-corrected chi connectivity index (χ2v) is 7.75. The minimum atomic E-state index is -0.0331. The lowest BCUT2D eigenvalue weighted by Gasteiger charge is -2.24. The number of fused-ring (bicyclic) bond motifs is 3. The molecule has 0 bridgehead atoms. The maximum atomic E-state index is 13.2. The van der Waals surface area contributed by atoms with Gasteiger partial charge in [-0.15, -0.1) is 10.2 Å². The third kappa shape index (κ3) is 2.80. The van der Waals surface area contributed by atoms with Crippen molar-refractivity contribution in [1.29, 1.82) is 0 Å². The second kappa shape index (κ2) is 6.44. The van der Waals surface area contributed by atoms with E-state index in [-0.39, 0.29) is 5.91 Å². The van der Waals surface area contributed by atoms with E-state index in [0.29, 0.717) is 12.5 Å². The summed E-state index contributed by atoms with van der Waals surface area (Å²) in [4.78, 5) is 18.1. The van der Waals surface area contributed by atoms with Crippen LogP contribution in [0.1, 0.15) is 53.0 Å². The maximum Gasteiger partial charge on any atom is 0.252 e. The van der Waals surface area contributed by atoms with Crippen molar-refractivity contribution in [2.45, 2.75) is 52.1 Å². The molecule has 138 valence electrons. The number of amides is 1. The van der Waals surface area contributed by atoms with Crippen LogP contribution < -0.4 is 5.32 Å². The van der Waals surface area contributed by atoms with E-state index in [0.717, 1.165) is 78.0 Å². The highest BCUT2D eigenvalue weighted by atomic mass is 16.1. The predicted molar refractivity (Wildman–Crippen MR) is 102 cm³/mol. The molecule has 3 heterocycles. The van der Waals surface area contributed by atoms with Crippen molar-refractivity contribution >= 4 is 16.8 Å². The van der Waals surface area contributed by atoms with E-state index in [9.17, 15) is 4.79 Å². The molecule has 1 aliphatic carbocycles. The van der Waals surface area contributed by atoms with Gasteiger partial charge in [-0.05, 0) is 43.2 Å². The van der Waals surface area contributed by atoms with Gasteiger partial charge >= 0.3 is 0 Å². The molecule has 0 spiro atoms. The van der Waals surface area contributed by atoms with E-state index in [1.165, 1.54) is 0 Å². The smallest absolute Gasteiger partial charge is 0.252 e. The first-order valence-electron chi connectivity index (χ1n) is 9.80. The van der Waals surface area contributed by atoms with Gasteiger partial charge in [0.1, 0.15) is 5.82 Å². The number of nitrogens with one attached hydrogen (secondary N) is 1. The molecule has 6 nitrogen and oxygen atoms in total. The standard InChI is InChI=1S/C21H23N5O/c1-13-8-9-17-15(11-13)20(14-5-2-3-6-16(14)23-17)21(27)22-12-19-25-24-18-7-4-10-26(18)19/h2-3,5-6,13H,4,7-12H2,1H3,(H,22,27). The number of aromatic nitrogens is 4. The van der Waals surface area contributed by atoms with Gasteiger partial charge in [0.05, 0.1) is 17.6 Å². The largest absolute Gasteiger partial charge is 0.345 e. The highest BCUT2D eigenvalue weighted by Crippen LogP contribution is 2.31. The third-order valence-corrected chi connectivity index (χ3v) is 5.83. The molecule has 5 rings (SSSR count). The summed E-state index contributed by atoms with van der Waals surface area (Å²) >= 11 is 0. The number of carbonyl (C=O) groups is 1. The first-order chi connectivity index (χ1) is 13.2. The number of nitrogens with zero attached hydrogens (tertiary/aromatic N) is 4. The molecule has 0 radical (unpaired) electrons. The van der Waals surface area contributed by atoms with Crippen LogP contribution in [0.15, 0.2) is 24.3 Å². The van der Waals surface area contributed by atoms with E-state index in [1.54, 1.807) is 0 Å². The average Bonchev–Trinajstić information content (AvgIpc) is 3.28. The highest BCUT2D eigenvalue weighted by molar-refractivity contribution is 6.07. The van der Waals surface area contributed by atoms with E-state index in [2.05, 4.69) is 27.0 Å². The molecule has 1 amide bonds. The number of benzene rings is 1. The minimum Gasteiger partial charge on any atom is -0.345 e. The van der Waals surface area contributed by atoms with Gasteiger partial charge in [-0.25, -0.2) is 0 Å². The van der Waals surface area contributed by atoms with E-state index >= 15 is 0 Å². The molecule has 2 aromatic heterocycles. The fourth-order valence-corrected chi connectivity index (χ4v) is 4.41. The normalized spacial score (nSPS) is 18.3. The summed E-state index contributed by atoms with van der Waals surface area (Å²) in [5.41, 5.74) is 3.90. The minimum absolute atomic E-state index is 0.0331. The van der Waals surface area contributed by atoms with Crippen LogP contribution in [0.4, 0.5) is 0 Å². The summed E-state index contributed by atoms with van der Waals surface area (Å²) < 4.78 is 2.13. The van der Waals surface area contributed by atoms with Crippen molar-refractivity contribution in [2.24, 2.45) is 5.92 Å². The molecule has 2 aliphatic rings. The van der Waals surface area contributed by atoms with E-state index in [1.807, 2.05) is 24.3 Å². The topological polar surface area (TPSA) is 72.7 Å². The van der Waals surface area contributed by atoms with Crippen LogP contribution in [-0.2, 0) is 32.4 Å². The summed E-state index contributed by atoms with van der Waals surface area (Å²) in [6, 6.07) is 7.96. The molecule has 6 heteroatoms. The number of para-hydroxylation sites is 1. The van der Waals surface area contributed by atoms with Crippen LogP contribution in [0.5, 0.6) is 0 Å². The highest BCUT2D eigenvalue weighted by Gasteiger charge is 2.25. The predicted octanol–water partition coefficient (Wildman–Crippen LogP) is 2.83. The Balaban J connectivity index is 1.51. The zero-order chi connectivity index (χ0) is 18.4. The molecule has 1 atom stereocenters. The maximum absolute atomic E-state index is 13.2. The molecular weight excluding hydrogens is 338 g/mol. The van der Waals surface area contributed by atoms with Gasteiger partial charge < -0.3 is 9.88 Å². The molecule has 0 fully saturated rings. The lowest BCUT2D eigenvalue weighted by atomic mass is 9.84. The van der Waals surface area contributed by atoms with Gasteiger partial charge in [-0.2, -0.15) is 0 Å². The number of pyridine rings is 1. The molecule has 1 aromatic carbocycles. The molecule has 27 heavy (non-hydrogen) atoms. The van der Waals surface area contributed by atoms with Crippen molar-refractivity contribution in [1.82, 2.24) is 25.1 Å². The Hall–Kier alpha value is -2.76. The van der Waals surface area contributed by atoms with Gasteiger partial charge in [0.15, 0.2) is 5.82 Å². The quantitative estimate of drug-likeness (QED) is 0.779. The fourth-order valence-electron chi connectivity index (χ4n) is 4.41. The first-order valence-corrected chi connectivity index (χ1v) is 9.80. The first kappa shape index (κ1) is 16.4. The van der Waals surface area contributed by atoms with Crippen molar-refractivity contribution in [2.75, 3.05) is 0 Å². The van der Waals surface area contributed by atoms with Gasteiger partial charge in [-0.1, -0.05) is 25.1 Å². The van der Waals surface area contributed by atoms with Crippen LogP contribution in [0, 0.1) is 5.92 Å². The van der Waals surface area contributed by atoms with Crippen molar-refractivity contribution in [3.63, 3.8) is 0 Å². The summed E-state index contributed by atoms with van der Waals surface area (Å²) in [6.07, 6.45) is 5.06. The molecular formula is C21H23N5O. The number of hydrogen-bond donors (Lipinski definition) is 1. The summed E-state index contributed by atoms with van der Waals surface area (Å²) in [7, 11) is 0. The summed E-state index contributed by atoms with van der Waals surface area (Å²) in [5.74, 6) is 2.41. The average molecular weight is 361 g/mol. The lowest BCUT2D eigenvalue weighted by Crippen LogP contribution is -2.28. The van der Waals surface area contributed by atoms with Gasteiger partial charge in [0.25, 0.3) is 5.91 Å². The molecule has 1 aliphatic heterocycles. The molecule has 0 saturated heterocycles. The zero-order valence-electron chi connectivity index (χ0n) is 15.5. The van der Waals surface area contributed by atoms with Crippen LogP contribution in [-0.4, -0.2) is 25.7 Å². The van der Waals surface area contributed by atoms with Gasteiger partial charge in [-0.3, -0.25) is 9.78 Å². The van der Waals surface area contributed by atoms with Crippen LogP contribution in [0.3, 0.4) is 0 Å². The Kier molecular flexibility index (Phi) is 3.92. The summed E-state index contributed by atoms with van der Waals surface area (Å²) in [6.45, 7) is 3.60. The Bertz CT molecular complexity index is 1040. The number of aryl methyl sites for hydroxylation is 2. The van der Waals surface area contributed by atoms with Crippen molar-refractivity contribution in [3.05, 3.63) is 52.7 Å². The Labute approximate surface area is 158 Å². The Morgan fingerprint density at radius 2 is 2.15 bits per heavy atom. The zero-order valence-corrected chi connectivity index (χ0v) is 15.5. The lowest BCUT2D eigenvalue weighted by molar-refractivity contribution is 0.0949. The molecule has 1 N–H and O–H groups in total. The van der Waals surface area contributed by atoms with Crippen molar-refractivity contribution in [3.8, 4) is 0 Å². The number of rotatable bonds is 3. The fraction of sp³-hybridized carbons (Fsp3) is 0.429. The molecule has 0 saturated carbocycles. The number of hydrogen-bond acceptors (Lipinski definition) is 4. The second-order valence-electron chi connectivity index (χ2n) is 7.75. The van der Waals surface area contributed by atoms with E-state index in [4.69, 9.17) is 4.98 Å². The van der Waals surface area contributed by atoms with Gasteiger partial charge in [0.2, 0.25) is 0 Å². The molecule has 3 aromatic rings.